The van der Waals surface area contributed by atoms with Crippen LogP contribution in [-0.4, -0.2) is 24.8 Å². The second-order valence-electron chi connectivity index (χ2n) is 4.20. The summed E-state index contributed by atoms with van der Waals surface area (Å²) in [5, 5.41) is 18.7. The summed E-state index contributed by atoms with van der Waals surface area (Å²) in [6.45, 7) is 2.27. The van der Waals surface area contributed by atoms with Crippen molar-refractivity contribution in [3.05, 3.63) is 27.7 Å². The molecule has 0 saturated carbocycles. The highest BCUT2D eigenvalue weighted by Gasteiger charge is 2.13. The van der Waals surface area contributed by atoms with Crippen molar-refractivity contribution in [2.75, 3.05) is 13.7 Å². The molecule has 6 heteroatoms. The molecule has 112 valence electrons. The summed E-state index contributed by atoms with van der Waals surface area (Å²) in [5.41, 5.74) is 0.424. The first-order chi connectivity index (χ1) is 10.0. The van der Waals surface area contributed by atoms with Crippen molar-refractivity contribution in [3.8, 4) is 17.6 Å². The van der Waals surface area contributed by atoms with Gasteiger partial charge in [0.25, 0.3) is 0 Å². The molecule has 1 rings (SSSR count). The van der Waals surface area contributed by atoms with Crippen LogP contribution in [0.5, 0.6) is 11.5 Å². The third-order valence-corrected chi connectivity index (χ3v) is 3.36. The Bertz CT molecular complexity index is 590. The zero-order valence-electron chi connectivity index (χ0n) is 11.9. The largest absolute Gasteiger partial charge is 0.504 e. The van der Waals surface area contributed by atoms with E-state index < -0.39 is 5.97 Å². The fourth-order valence-electron chi connectivity index (χ4n) is 1.51. The predicted octanol–water partition coefficient (Wildman–Crippen LogP) is 3.41. The number of ether oxygens (including phenoxy) is 2. The van der Waals surface area contributed by atoms with Gasteiger partial charge in [0.1, 0.15) is 11.6 Å². The Balaban J connectivity index is 3.03. The molecule has 0 aliphatic heterocycles. The van der Waals surface area contributed by atoms with E-state index in [1.54, 1.807) is 0 Å². The second kappa shape index (κ2) is 8.32. The Hall–Kier alpha value is -2.00. The lowest BCUT2D eigenvalue weighted by atomic mass is 10.1. The number of benzene rings is 1. The smallest absolute Gasteiger partial charge is 0.348 e. The topological polar surface area (TPSA) is 79.6 Å². The number of halogens is 1. The van der Waals surface area contributed by atoms with Crippen LogP contribution in [0.15, 0.2) is 22.2 Å². The Kier molecular flexibility index (Phi) is 6.76. The average molecular weight is 354 g/mol. The number of hydrogen-bond donors (Lipinski definition) is 1. The van der Waals surface area contributed by atoms with Gasteiger partial charge in [-0.25, -0.2) is 4.79 Å². The summed E-state index contributed by atoms with van der Waals surface area (Å²) in [7, 11) is 1.42. The molecule has 0 unspecified atom stereocenters. The Labute approximate surface area is 131 Å². The number of nitrogens with zero attached hydrogens (tertiary/aromatic N) is 1. The lowest BCUT2D eigenvalue weighted by molar-refractivity contribution is -0.138. The van der Waals surface area contributed by atoms with Crippen LogP contribution in [0.2, 0.25) is 0 Å². The normalized spacial score (nSPS) is 10.9. The number of aromatic hydroxyl groups is 1. The number of rotatable bonds is 6. The number of phenolic OH excluding ortho intramolecular Hbond substituents is 1. The average Bonchev–Trinajstić information content (AvgIpc) is 2.46. The summed E-state index contributed by atoms with van der Waals surface area (Å²) < 4.78 is 10.5. The van der Waals surface area contributed by atoms with Crippen LogP contribution in [0.3, 0.4) is 0 Å². The number of carbonyl (C=O) groups is 1. The standard InChI is InChI=1S/C15H16BrNO4/c1-3-4-5-21-15(19)11(9-17)6-10-7-14(20-2)13(18)8-12(10)16/h6-8,18H,3-5H2,1-2H3/b11-6-. The van der Waals surface area contributed by atoms with Gasteiger partial charge in [-0.15, -0.1) is 0 Å². The first kappa shape index (κ1) is 17.1. The third-order valence-electron chi connectivity index (χ3n) is 2.67. The zero-order valence-corrected chi connectivity index (χ0v) is 13.4. The van der Waals surface area contributed by atoms with E-state index in [2.05, 4.69) is 15.9 Å². The zero-order chi connectivity index (χ0) is 15.8. The molecule has 0 aliphatic carbocycles. The summed E-state index contributed by atoms with van der Waals surface area (Å²) in [6.07, 6.45) is 3.04. The maximum Gasteiger partial charge on any atom is 0.348 e. The first-order valence-corrected chi connectivity index (χ1v) is 7.18. The SMILES string of the molecule is CCCCOC(=O)/C(C#N)=C\c1cc(OC)c(O)cc1Br. The minimum Gasteiger partial charge on any atom is -0.504 e. The van der Waals surface area contributed by atoms with Gasteiger partial charge in [-0.05, 0) is 30.2 Å². The van der Waals surface area contributed by atoms with Crippen molar-refractivity contribution < 1.29 is 19.4 Å². The fraction of sp³-hybridized carbons (Fsp3) is 0.333. The number of phenols is 1. The van der Waals surface area contributed by atoms with Crippen molar-refractivity contribution in [1.82, 2.24) is 0 Å². The van der Waals surface area contributed by atoms with Crippen LogP contribution < -0.4 is 4.74 Å². The number of hydrogen-bond acceptors (Lipinski definition) is 5. The molecule has 21 heavy (non-hydrogen) atoms. The van der Waals surface area contributed by atoms with E-state index in [0.717, 1.165) is 12.8 Å². The lowest BCUT2D eigenvalue weighted by Crippen LogP contribution is -2.07. The molecule has 0 aromatic heterocycles. The van der Waals surface area contributed by atoms with Crippen LogP contribution >= 0.6 is 15.9 Å². The van der Waals surface area contributed by atoms with Crippen LogP contribution in [0.1, 0.15) is 25.3 Å². The molecule has 1 aromatic carbocycles. The van der Waals surface area contributed by atoms with Crippen molar-refractivity contribution >= 4 is 28.0 Å². The van der Waals surface area contributed by atoms with Crippen molar-refractivity contribution in [1.29, 1.82) is 5.26 Å². The maximum absolute atomic E-state index is 11.8. The fourth-order valence-corrected chi connectivity index (χ4v) is 1.96. The first-order valence-electron chi connectivity index (χ1n) is 6.38. The monoisotopic (exact) mass is 353 g/mol. The molecule has 1 aromatic rings. The molecule has 0 bridgehead atoms. The Morgan fingerprint density at radius 2 is 2.24 bits per heavy atom. The van der Waals surface area contributed by atoms with E-state index in [4.69, 9.17) is 14.7 Å². The molecule has 5 nitrogen and oxygen atoms in total. The molecule has 0 heterocycles. The highest BCUT2D eigenvalue weighted by atomic mass is 79.9. The van der Waals surface area contributed by atoms with Crippen LogP contribution in [0.25, 0.3) is 6.08 Å². The molecular weight excluding hydrogens is 338 g/mol. The van der Waals surface area contributed by atoms with Gasteiger partial charge in [0.15, 0.2) is 11.5 Å². The quantitative estimate of drug-likeness (QED) is 0.367. The Morgan fingerprint density at radius 1 is 1.52 bits per heavy atom. The summed E-state index contributed by atoms with van der Waals surface area (Å²) in [6, 6.07) is 4.78. The van der Waals surface area contributed by atoms with E-state index >= 15 is 0 Å². The molecule has 0 aliphatic rings. The molecule has 0 radical (unpaired) electrons. The van der Waals surface area contributed by atoms with E-state index in [1.807, 2.05) is 13.0 Å². The molecule has 0 spiro atoms. The maximum atomic E-state index is 11.8. The van der Waals surface area contributed by atoms with Gasteiger partial charge in [0, 0.05) is 4.47 Å². The summed E-state index contributed by atoms with van der Waals surface area (Å²) in [4.78, 5) is 11.8. The van der Waals surface area contributed by atoms with Crippen LogP contribution in [0.4, 0.5) is 0 Å². The van der Waals surface area contributed by atoms with E-state index in [9.17, 15) is 9.90 Å². The predicted molar refractivity (Wildman–Crippen MR) is 81.8 cm³/mol. The van der Waals surface area contributed by atoms with Gasteiger partial charge in [-0.1, -0.05) is 29.3 Å². The summed E-state index contributed by atoms with van der Waals surface area (Å²) in [5.74, 6) is -0.448. The molecular formula is C15H16BrNO4. The van der Waals surface area contributed by atoms with E-state index in [-0.39, 0.29) is 23.7 Å². The molecule has 0 atom stereocenters. The van der Waals surface area contributed by atoms with Crippen molar-refractivity contribution in [2.24, 2.45) is 0 Å². The number of nitriles is 1. The Morgan fingerprint density at radius 3 is 2.81 bits per heavy atom. The number of esters is 1. The van der Waals surface area contributed by atoms with E-state index in [1.165, 1.54) is 25.3 Å². The molecule has 1 N–H and O–H groups in total. The summed E-state index contributed by atoms with van der Waals surface area (Å²) >= 11 is 3.26. The highest BCUT2D eigenvalue weighted by Crippen LogP contribution is 2.33. The van der Waals surface area contributed by atoms with E-state index in [0.29, 0.717) is 10.0 Å². The van der Waals surface area contributed by atoms with Gasteiger partial charge < -0.3 is 14.6 Å². The van der Waals surface area contributed by atoms with Gasteiger partial charge in [-0.2, -0.15) is 5.26 Å². The van der Waals surface area contributed by atoms with Gasteiger partial charge in [-0.3, -0.25) is 0 Å². The van der Waals surface area contributed by atoms with Gasteiger partial charge >= 0.3 is 5.97 Å². The minimum absolute atomic E-state index is 0.0365. The number of carbonyl (C=O) groups excluding carboxylic acids is 1. The number of unbranched alkanes of at least 4 members (excludes halogenated alkanes) is 1. The second-order valence-corrected chi connectivity index (χ2v) is 5.06. The van der Waals surface area contributed by atoms with Crippen LogP contribution in [0, 0.1) is 11.3 Å². The van der Waals surface area contributed by atoms with Gasteiger partial charge in [0.05, 0.1) is 13.7 Å². The lowest BCUT2D eigenvalue weighted by Gasteiger charge is -2.07. The molecule has 0 amide bonds. The molecule has 0 saturated heterocycles. The van der Waals surface area contributed by atoms with Crippen molar-refractivity contribution in [2.45, 2.75) is 19.8 Å². The molecule has 0 fully saturated rings. The van der Waals surface area contributed by atoms with Crippen molar-refractivity contribution in [3.63, 3.8) is 0 Å². The highest BCUT2D eigenvalue weighted by molar-refractivity contribution is 9.10. The van der Waals surface area contributed by atoms with Crippen LogP contribution in [-0.2, 0) is 9.53 Å². The number of methoxy groups -OCH3 is 1. The van der Waals surface area contributed by atoms with Gasteiger partial charge in [0.2, 0.25) is 0 Å². The third kappa shape index (κ3) is 4.80. The minimum atomic E-state index is -0.662.